The van der Waals surface area contributed by atoms with E-state index in [0.29, 0.717) is 29.7 Å². The molecular formula is C25H30ClN3O3. The Labute approximate surface area is 194 Å². The molecule has 6 nitrogen and oxygen atoms in total. The zero-order valence-corrected chi connectivity index (χ0v) is 20.0. The summed E-state index contributed by atoms with van der Waals surface area (Å²) < 4.78 is 13.3. The second-order valence-electron chi connectivity index (χ2n) is 7.95. The lowest BCUT2D eigenvalue weighted by Gasteiger charge is -2.24. The van der Waals surface area contributed by atoms with Crippen molar-refractivity contribution in [3.63, 3.8) is 0 Å². The van der Waals surface area contributed by atoms with Gasteiger partial charge >= 0.3 is 0 Å². The van der Waals surface area contributed by atoms with E-state index in [1.807, 2.05) is 74.2 Å². The van der Waals surface area contributed by atoms with Crippen LogP contribution in [0.15, 0.2) is 48.5 Å². The number of hydrogen-bond acceptors (Lipinski definition) is 4. The highest BCUT2D eigenvalue weighted by Gasteiger charge is 2.24. The molecule has 0 aliphatic carbocycles. The molecule has 0 spiro atoms. The molecule has 0 bridgehead atoms. The van der Waals surface area contributed by atoms with Gasteiger partial charge in [-0.1, -0.05) is 38.4 Å². The van der Waals surface area contributed by atoms with Gasteiger partial charge < -0.3 is 14.4 Å². The van der Waals surface area contributed by atoms with Crippen LogP contribution in [0.2, 0.25) is 5.02 Å². The van der Waals surface area contributed by atoms with E-state index in [4.69, 9.17) is 26.2 Å². The first-order valence-corrected chi connectivity index (χ1v) is 11.2. The summed E-state index contributed by atoms with van der Waals surface area (Å²) in [4.78, 5) is 14.7. The van der Waals surface area contributed by atoms with Crippen molar-refractivity contribution >= 4 is 17.5 Å². The predicted octanol–water partition coefficient (Wildman–Crippen LogP) is 6.03. The summed E-state index contributed by atoms with van der Waals surface area (Å²) in [6.07, 6.45) is 0.870. The summed E-state index contributed by atoms with van der Waals surface area (Å²) in [7, 11) is 1.62. The number of ether oxygens (including phenoxy) is 2. The maximum absolute atomic E-state index is 12.8. The number of nitrogens with zero attached hydrogens (tertiary/aromatic N) is 3. The molecule has 7 heteroatoms. The minimum Gasteiger partial charge on any atom is -0.497 e. The molecule has 2 aromatic carbocycles. The summed E-state index contributed by atoms with van der Waals surface area (Å²) in [5.74, 6) is 1.97. The predicted molar refractivity (Wildman–Crippen MR) is 127 cm³/mol. The van der Waals surface area contributed by atoms with E-state index in [1.54, 1.807) is 11.8 Å². The summed E-state index contributed by atoms with van der Waals surface area (Å²) in [6.45, 7) is 8.92. The quantitative estimate of drug-likeness (QED) is 0.395. The van der Waals surface area contributed by atoms with Crippen molar-refractivity contribution < 1.29 is 14.3 Å². The fraction of sp³-hybridized carbons (Fsp3) is 0.360. The molecule has 0 radical (unpaired) electrons. The molecule has 1 aromatic heterocycles. The number of benzene rings is 2. The number of aryl methyl sites for hydroxylation is 1. The third-order valence-electron chi connectivity index (χ3n) is 5.11. The van der Waals surface area contributed by atoms with Crippen LogP contribution in [0.4, 0.5) is 0 Å². The van der Waals surface area contributed by atoms with Crippen molar-refractivity contribution in [2.75, 3.05) is 13.7 Å². The molecule has 0 saturated carbocycles. The summed E-state index contributed by atoms with van der Waals surface area (Å²) >= 11 is 6.24. The normalized spacial score (nSPS) is 11.0. The van der Waals surface area contributed by atoms with Crippen LogP contribution in [0.3, 0.4) is 0 Å². The highest BCUT2D eigenvalue weighted by Crippen LogP contribution is 2.33. The SMILES string of the molecule is CCCN(Cc1c(C)nn(-c2cccc(Cl)c2)c1Oc1ccc(OC)cc1)C(=O)C(C)C. The van der Waals surface area contributed by atoms with Crippen molar-refractivity contribution in [3.8, 4) is 23.1 Å². The molecule has 0 aliphatic rings. The third kappa shape index (κ3) is 5.43. The zero-order chi connectivity index (χ0) is 23.3. The van der Waals surface area contributed by atoms with Gasteiger partial charge in [0.2, 0.25) is 11.8 Å². The number of halogens is 1. The second kappa shape index (κ2) is 10.6. The van der Waals surface area contributed by atoms with Crippen LogP contribution in [-0.2, 0) is 11.3 Å². The van der Waals surface area contributed by atoms with E-state index in [1.165, 1.54) is 0 Å². The van der Waals surface area contributed by atoms with Crippen LogP contribution < -0.4 is 9.47 Å². The highest BCUT2D eigenvalue weighted by molar-refractivity contribution is 6.30. The van der Waals surface area contributed by atoms with Crippen LogP contribution in [0, 0.1) is 12.8 Å². The first-order valence-electron chi connectivity index (χ1n) is 10.8. The lowest BCUT2D eigenvalue weighted by atomic mass is 10.1. The van der Waals surface area contributed by atoms with E-state index < -0.39 is 0 Å². The Morgan fingerprint density at radius 3 is 2.44 bits per heavy atom. The number of carbonyl (C=O) groups excluding carboxylic acids is 1. The maximum atomic E-state index is 12.8. The third-order valence-corrected chi connectivity index (χ3v) is 5.35. The largest absolute Gasteiger partial charge is 0.497 e. The van der Waals surface area contributed by atoms with Gasteiger partial charge in [0.15, 0.2) is 0 Å². The molecule has 0 saturated heterocycles. The Morgan fingerprint density at radius 1 is 1.16 bits per heavy atom. The van der Waals surface area contributed by atoms with Gasteiger partial charge in [-0.05, 0) is 55.8 Å². The number of carbonyl (C=O) groups is 1. The van der Waals surface area contributed by atoms with E-state index in [9.17, 15) is 4.79 Å². The van der Waals surface area contributed by atoms with Crippen molar-refractivity contribution in [2.45, 2.75) is 40.7 Å². The van der Waals surface area contributed by atoms with Crippen LogP contribution >= 0.6 is 11.6 Å². The zero-order valence-electron chi connectivity index (χ0n) is 19.3. The van der Waals surface area contributed by atoms with Crippen LogP contribution in [-0.4, -0.2) is 34.2 Å². The lowest BCUT2D eigenvalue weighted by Crippen LogP contribution is -2.34. The van der Waals surface area contributed by atoms with Gasteiger partial charge in [-0.25, -0.2) is 4.68 Å². The van der Waals surface area contributed by atoms with Crippen molar-refractivity contribution in [3.05, 3.63) is 64.8 Å². The summed E-state index contributed by atoms with van der Waals surface area (Å²) in [5, 5.41) is 5.35. The van der Waals surface area contributed by atoms with Crippen LogP contribution in [0.25, 0.3) is 5.69 Å². The van der Waals surface area contributed by atoms with Gasteiger partial charge in [-0.3, -0.25) is 4.79 Å². The number of hydrogen-bond donors (Lipinski definition) is 0. The smallest absolute Gasteiger partial charge is 0.227 e. The van der Waals surface area contributed by atoms with Crippen LogP contribution in [0.5, 0.6) is 17.4 Å². The van der Waals surface area contributed by atoms with Crippen molar-refractivity contribution in [1.82, 2.24) is 14.7 Å². The topological polar surface area (TPSA) is 56.6 Å². The Morgan fingerprint density at radius 2 is 1.84 bits per heavy atom. The monoisotopic (exact) mass is 455 g/mol. The Kier molecular flexibility index (Phi) is 7.80. The molecule has 170 valence electrons. The summed E-state index contributed by atoms with van der Waals surface area (Å²) in [6, 6.07) is 14.8. The van der Waals surface area contributed by atoms with Gasteiger partial charge in [-0.15, -0.1) is 0 Å². The Hall–Kier alpha value is -2.99. The number of aromatic nitrogens is 2. The van der Waals surface area contributed by atoms with Gasteiger partial charge in [0.1, 0.15) is 11.5 Å². The molecule has 0 N–H and O–H groups in total. The average molecular weight is 456 g/mol. The molecular weight excluding hydrogens is 426 g/mol. The van der Waals surface area contributed by atoms with Crippen molar-refractivity contribution in [2.24, 2.45) is 5.92 Å². The first-order chi connectivity index (χ1) is 15.3. The first kappa shape index (κ1) is 23.7. The minimum absolute atomic E-state index is 0.0872. The number of rotatable bonds is 9. The Bertz CT molecular complexity index is 1060. The van der Waals surface area contributed by atoms with Crippen LogP contribution in [0.1, 0.15) is 38.4 Å². The molecule has 0 aliphatic heterocycles. The molecule has 0 fully saturated rings. The standard InChI is InChI=1S/C25H30ClN3O3/c1-6-14-28(24(30)17(2)3)16-23-18(4)27-29(20-9-7-8-19(26)15-20)25(23)32-22-12-10-21(31-5)11-13-22/h7-13,15,17H,6,14,16H2,1-5H3. The van der Waals surface area contributed by atoms with Gasteiger partial charge in [-0.2, -0.15) is 5.10 Å². The average Bonchev–Trinajstić information content (AvgIpc) is 3.08. The molecule has 1 amide bonds. The molecule has 32 heavy (non-hydrogen) atoms. The molecule has 1 heterocycles. The Balaban J connectivity index is 2.07. The van der Waals surface area contributed by atoms with E-state index in [-0.39, 0.29) is 11.8 Å². The van der Waals surface area contributed by atoms with Gasteiger partial charge in [0, 0.05) is 17.5 Å². The van der Waals surface area contributed by atoms with Gasteiger partial charge in [0.05, 0.1) is 30.6 Å². The van der Waals surface area contributed by atoms with E-state index >= 15 is 0 Å². The van der Waals surface area contributed by atoms with E-state index in [0.717, 1.165) is 29.1 Å². The molecule has 0 unspecified atom stereocenters. The minimum atomic E-state index is -0.0872. The number of amides is 1. The van der Waals surface area contributed by atoms with E-state index in [2.05, 4.69) is 6.92 Å². The highest BCUT2D eigenvalue weighted by atomic mass is 35.5. The fourth-order valence-corrected chi connectivity index (χ4v) is 3.64. The summed E-state index contributed by atoms with van der Waals surface area (Å²) in [5.41, 5.74) is 2.45. The second-order valence-corrected chi connectivity index (χ2v) is 8.39. The fourth-order valence-electron chi connectivity index (χ4n) is 3.46. The van der Waals surface area contributed by atoms with Gasteiger partial charge in [0.25, 0.3) is 0 Å². The molecule has 0 atom stereocenters. The van der Waals surface area contributed by atoms with Crippen molar-refractivity contribution in [1.29, 1.82) is 0 Å². The number of methoxy groups -OCH3 is 1. The lowest BCUT2D eigenvalue weighted by molar-refractivity contribution is -0.135. The maximum Gasteiger partial charge on any atom is 0.227 e. The molecule has 3 aromatic rings. The molecule has 3 rings (SSSR count).